The second kappa shape index (κ2) is 5.60. The number of amides is 1. The summed E-state index contributed by atoms with van der Waals surface area (Å²) < 4.78 is 5.84. The van der Waals surface area contributed by atoms with E-state index < -0.39 is 5.41 Å². The predicted molar refractivity (Wildman–Crippen MR) is 96.4 cm³/mol. The van der Waals surface area contributed by atoms with E-state index >= 15 is 0 Å². The Labute approximate surface area is 150 Å². The van der Waals surface area contributed by atoms with Crippen molar-refractivity contribution in [3.05, 3.63) is 36.4 Å². The Balaban J connectivity index is 1.37. The maximum Gasteiger partial charge on any atom is 0.249 e. The lowest BCUT2D eigenvalue weighted by atomic mass is 9.75. The number of hydrogen-bond donors (Lipinski definition) is 2. The Hall–Kier alpha value is -2.80. The first kappa shape index (κ1) is 15.5. The summed E-state index contributed by atoms with van der Waals surface area (Å²) in [6.45, 7) is 1.96. The smallest absolute Gasteiger partial charge is 0.249 e. The van der Waals surface area contributed by atoms with E-state index in [2.05, 4.69) is 25.5 Å². The molecule has 5 rings (SSSR count). The van der Waals surface area contributed by atoms with Crippen LogP contribution < -0.4 is 5.32 Å². The number of ether oxygens (including phenoxy) is 1. The number of nitrogens with one attached hydrogen (secondary N) is 2. The van der Waals surface area contributed by atoms with Gasteiger partial charge in [-0.2, -0.15) is 4.98 Å². The number of carbonyl (C=O) groups excluding carboxylic acids is 1. The van der Waals surface area contributed by atoms with E-state index in [1.54, 1.807) is 0 Å². The molecule has 0 spiro atoms. The molecule has 0 radical (unpaired) electrons. The van der Waals surface area contributed by atoms with Crippen LogP contribution in [0.25, 0.3) is 22.4 Å². The minimum atomic E-state index is -0.509. The van der Waals surface area contributed by atoms with Crippen molar-refractivity contribution in [2.75, 3.05) is 5.32 Å². The van der Waals surface area contributed by atoms with Gasteiger partial charge in [0.1, 0.15) is 5.69 Å². The van der Waals surface area contributed by atoms with Crippen LogP contribution >= 0.6 is 0 Å². The summed E-state index contributed by atoms with van der Waals surface area (Å²) in [5, 5.41) is 10.9. The Kier molecular flexibility index (Phi) is 3.33. The van der Waals surface area contributed by atoms with Crippen molar-refractivity contribution in [3.8, 4) is 11.5 Å². The molecular formula is C19H19N5O2. The Morgan fingerprint density at radius 2 is 2.12 bits per heavy atom. The van der Waals surface area contributed by atoms with Crippen LogP contribution in [0.4, 0.5) is 5.95 Å². The highest BCUT2D eigenvalue weighted by molar-refractivity contribution is 5.94. The number of anilines is 1. The maximum absolute atomic E-state index is 12.7. The number of rotatable bonds is 3. The zero-order chi connectivity index (χ0) is 17.7. The van der Waals surface area contributed by atoms with Crippen molar-refractivity contribution >= 4 is 22.8 Å². The molecule has 2 bridgehead atoms. The number of carbonyl (C=O) groups is 1. The molecule has 4 heterocycles. The molecule has 0 aliphatic carbocycles. The number of aromatic amines is 1. The molecule has 2 aliphatic heterocycles. The first-order chi connectivity index (χ1) is 12.6. The van der Waals surface area contributed by atoms with Crippen molar-refractivity contribution in [1.82, 2.24) is 20.2 Å². The van der Waals surface area contributed by atoms with Gasteiger partial charge in [0.25, 0.3) is 0 Å². The van der Waals surface area contributed by atoms with Crippen LogP contribution in [0.1, 0.15) is 26.2 Å². The molecule has 0 unspecified atom stereocenters. The second-order valence-electron chi connectivity index (χ2n) is 7.30. The number of pyridine rings is 1. The van der Waals surface area contributed by atoms with Gasteiger partial charge < -0.3 is 4.74 Å². The highest BCUT2D eigenvalue weighted by Crippen LogP contribution is 2.47. The lowest BCUT2D eigenvalue weighted by Crippen LogP contribution is -2.41. The number of aromatic nitrogens is 4. The topological polar surface area (TPSA) is 92.8 Å². The lowest BCUT2D eigenvalue weighted by molar-refractivity contribution is -0.127. The number of fused-ring (bicyclic) bond motifs is 3. The third-order valence-corrected chi connectivity index (χ3v) is 5.54. The fourth-order valence-corrected chi connectivity index (χ4v) is 4.04. The van der Waals surface area contributed by atoms with Crippen molar-refractivity contribution in [2.45, 2.75) is 38.4 Å². The van der Waals surface area contributed by atoms with E-state index in [4.69, 9.17) is 4.74 Å². The van der Waals surface area contributed by atoms with E-state index in [0.29, 0.717) is 11.5 Å². The highest BCUT2D eigenvalue weighted by Gasteiger charge is 2.54. The number of hydrogen-bond acceptors (Lipinski definition) is 5. The first-order valence-corrected chi connectivity index (χ1v) is 8.87. The molecule has 0 saturated carbocycles. The Bertz CT molecular complexity index is 1000. The van der Waals surface area contributed by atoms with Crippen LogP contribution in [0.2, 0.25) is 0 Å². The van der Waals surface area contributed by atoms with Gasteiger partial charge in [-0.15, -0.1) is 5.10 Å². The third kappa shape index (κ3) is 2.39. The van der Waals surface area contributed by atoms with E-state index in [1.165, 1.54) is 0 Å². The molecular weight excluding hydrogens is 330 g/mol. The quantitative estimate of drug-likeness (QED) is 0.758. The zero-order valence-corrected chi connectivity index (χ0v) is 14.4. The average Bonchev–Trinajstić information content (AvgIpc) is 3.37. The van der Waals surface area contributed by atoms with Gasteiger partial charge in [-0.05, 0) is 38.3 Å². The van der Waals surface area contributed by atoms with Gasteiger partial charge >= 0.3 is 0 Å². The molecule has 7 nitrogen and oxygen atoms in total. The summed E-state index contributed by atoms with van der Waals surface area (Å²) in [6, 6.07) is 11.8. The molecule has 1 amide bonds. The van der Waals surface area contributed by atoms with E-state index in [0.717, 1.165) is 30.2 Å². The SMILES string of the molecule is C[C@]1(C(=O)Nc2n[nH]c(-c3ccc4ccccc4n3)n2)C[C@H]2CC[C@H]1O2. The number of H-pyrrole nitrogens is 1. The monoisotopic (exact) mass is 349 g/mol. The van der Waals surface area contributed by atoms with Gasteiger partial charge in [0.15, 0.2) is 5.82 Å². The molecule has 3 atom stereocenters. The summed E-state index contributed by atoms with van der Waals surface area (Å²) in [5.41, 5.74) is 1.06. The maximum atomic E-state index is 12.7. The van der Waals surface area contributed by atoms with Crippen LogP contribution in [0.3, 0.4) is 0 Å². The van der Waals surface area contributed by atoms with Crippen molar-refractivity contribution in [2.24, 2.45) is 5.41 Å². The van der Waals surface area contributed by atoms with Gasteiger partial charge in [0, 0.05) is 5.39 Å². The van der Waals surface area contributed by atoms with Crippen LogP contribution in [-0.2, 0) is 9.53 Å². The lowest BCUT2D eigenvalue weighted by Gasteiger charge is -2.28. The normalized spacial score (nSPS) is 27.1. The van der Waals surface area contributed by atoms with Gasteiger partial charge in [0.05, 0.1) is 23.1 Å². The molecule has 2 saturated heterocycles. The van der Waals surface area contributed by atoms with E-state index in [9.17, 15) is 4.79 Å². The van der Waals surface area contributed by atoms with Gasteiger partial charge in [-0.25, -0.2) is 4.98 Å². The fraction of sp³-hybridized carbons (Fsp3) is 0.368. The third-order valence-electron chi connectivity index (χ3n) is 5.54. The molecule has 2 fully saturated rings. The van der Waals surface area contributed by atoms with Crippen molar-refractivity contribution in [1.29, 1.82) is 0 Å². The highest BCUT2D eigenvalue weighted by atomic mass is 16.5. The minimum absolute atomic E-state index is 0.00642. The molecule has 1 aromatic carbocycles. The molecule has 3 aromatic rings. The average molecular weight is 349 g/mol. The summed E-state index contributed by atoms with van der Waals surface area (Å²) in [6.07, 6.45) is 2.95. The summed E-state index contributed by atoms with van der Waals surface area (Å²) in [5.74, 6) is 0.714. The summed E-state index contributed by atoms with van der Waals surface area (Å²) >= 11 is 0. The molecule has 7 heteroatoms. The minimum Gasteiger partial charge on any atom is -0.374 e. The van der Waals surface area contributed by atoms with Crippen molar-refractivity contribution in [3.63, 3.8) is 0 Å². The second-order valence-corrected chi connectivity index (χ2v) is 7.30. The molecule has 132 valence electrons. The Morgan fingerprint density at radius 1 is 1.23 bits per heavy atom. The molecule has 26 heavy (non-hydrogen) atoms. The number of nitrogens with zero attached hydrogens (tertiary/aromatic N) is 3. The summed E-state index contributed by atoms with van der Waals surface area (Å²) in [4.78, 5) is 21.7. The molecule has 2 aliphatic rings. The van der Waals surface area contributed by atoms with Crippen LogP contribution in [-0.4, -0.2) is 38.3 Å². The Morgan fingerprint density at radius 3 is 2.92 bits per heavy atom. The fourth-order valence-electron chi connectivity index (χ4n) is 4.04. The number of benzene rings is 1. The summed E-state index contributed by atoms with van der Waals surface area (Å²) in [7, 11) is 0. The standard InChI is InChI=1S/C19H19N5O2/c1-19(10-12-7-9-15(19)26-12)17(25)22-18-21-16(23-24-18)14-8-6-11-4-2-3-5-13(11)20-14/h2-6,8,12,15H,7,9-10H2,1H3,(H2,21,22,23,24,25)/t12-,15-,19+/m1/s1. The first-order valence-electron chi connectivity index (χ1n) is 8.87. The largest absolute Gasteiger partial charge is 0.374 e. The predicted octanol–water partition coefficient (Wildman–Crippen LogP) is 2.92. The van der Waals surface area contributed by atoms with Crippen LogP contribution in [0, 0.1) is 5.41 Å². The molecule has 2 aromatic heterocycles. The number of para-hydroxylation sites is 1. The molecule has 2 N–H and O–H groups in total. The van der Waals surface area contributed by atoms with Gasteiger partial charge in [0.2, 0.25) is 11.9 Å². The van der Waals surface area contributed by atoms with Gasteiger partial charge in [-0.3, -0.25) is 15.2 Å². The van der Waals surface area contributed by atoms with E-state index in [1.807, 2.05) is 43.3 Å². The van der Waals surface area contributed by atoms with Crippen molar-refractivity contribution < 1.29 is 9.53 Å². The van der Waals surface area contributed by atoms with E-state index in [-0.39, 0.29) is 24.1 Å². The van der Waals surface area contributed by atoms with Crippen LogP contribution in [0.15, 0.2) is 36.4 Å². The zero-order valence-electron chi connectivity index (χ0n) is 14.4. The van der Waals surface area contributed by atoms with Crippen LogP contribution in [0.5, 0.6) is 0 Å². The van der Waals surface area contributed by atoms with Gasteiger partial charge in [-0.1, -0.05) is 24.3 Å².